The molecule has 0 aliphatic heterocycles. The molecule has 0 radical (unpaired) electrons. The highest BCUT2D eigenvalue weighted by atomic mass is 16.4. The van der Waals surface area contributed by atoms with E-state index in [9.17, 15) is 24.9 Å². The first kappa shape index (κ1) is 14.2. The Morgan fingerprint density at radius 1 is 0.905 bits per heavy atom. The van der Waals surface area contributed by atoms with Gasteiger partial charge in [0.2, 0.25) is 0 Å². The van der Waals surface area contributed by atoms with E-state index in [1.807, 2.05) is 0 Å². The van der Waals surface area contributed by atoms with E-state index in [2.05, 4.69) is 5.32 Å². The highest BCUT2D eigenvalue weighted by molar-refractivity contribution is 6.07. The molecule has 2 aromatic carbocycles. The number of carboxylic acid groups (broad SMARTS) is 1. The lowest BCUT2D eigenvalue weighted by atomic mass is 10.1. The van der Waals surface area contributed by atoms with E-state index in [1.54, 1.807) is 0 Å². The summed E-state index contributed by atoms with van der Waals surface area (Å²) >= 11 is 0. The molecule has 0 fully saturated rings. The van der Waals surface area contributed by atoms with Crippen molar-refractivity contribution in [3.05, 3.63) is 47.5 Å². The van der Waals surface area contributed by atoms with E-state index in [1.165, 1.54) is 18.2 Å². The number of anilines is 1. The Bertz CT molecular complexity index is 725. The highest BCUT2D eigenvalue weighted by Crippen LogP contribution is 2.27. The first-order valence-electron chi connectivity index (χ1n) is 5.78. The normalized spacial score (nSPS) is 10.1. The van der Waals surface area contributed by atoms with Crippen molar-refractivity contribution in [1.29, 1.82) is 0 Å². The number of nitrogens with one attached hydrogen (secondary N) is 1. The van der Waals surface area contributed by atoms with Crippen molar-refractivity contribution in [3.8, 4) is 17.2 Å². The summed E-state index contributed by atoms with van der Waals surface area (Å²) in [6.07, 6.45) is 0. The van der Waals surface area contributed by atoms with E-state index in [0.717, 1.165) is 18.2 Å². The number of hydrogen-bond donors (Lipinski definition) is 5. The Hall–Kier alpha value is -3.22. The van der Waals surface area contributed by atoms with Crippen LogP contribution in [0.5, 0.6) is 17.2 Å². The number of amides is 1. The van der Waals surface area contributed by atoms with Crippen molar-refractivity contribution in [3.63, 3.8) is 0 Å². The van der Waals surface area contributed by atoms with E-state index in [-0.39, 0.29) is 28.3 Å². The van der Waals surface area contributed by atoms with Crippen molar-refractivity contribution >= 4 is 17.6 Å². The number of aromatic carboxylic acids is 1. The first-order chi connectivity index (χ1) is 9.88. The maximum atomic E-state index is 11.9. The molecule has 5 N–H and O–H groups in total. The van der Waals surface area contributed by atoms with Crippen LogP contribution in [0, 0.1) is 0 Å². The average molecular weight is 289 g/mol. The molecule has 0 heterocycles. The Kier molecular flexibility index (Phi) is 3.66. The van der Waals surface area contributed by atoms with Crippen LogP contribution in [0.1, 0.15) is 20.7 Å². The molecule has 108 valence electrons. The van der Waals surface area contributed by atoms with Crippen LogP contribution >= 0.6 is 0 Å². The molecule has 0 spiro atoms. The molecule has 2 rings (SSSR count). The quantitative estimate of drug-likeness (QED) is 0.433. The number of aromatic hydroxyl groups is 3. The fraction of sp³-hybridized carbons (Fsp3) is 0. The molecule has 0 aromatic heterocycles. The summed E-state index contributed by atoms with van der Waals surface area (Å²) in [4.78, 5) is 22.7. The fourth-order valence-electron chi connectivity index (χ4n) is 1.67. The van der Waals surface area contributed by atoms with Crippen LogP contribution in [-0.4, -0.2) is 32.3 Å². The Morgan fingerprint density at radius 2 is 1.62 bits per heavy atom. The maximum Gasteiger partial charge on any atom is 0.335 e. The zero-order valence-electron chi connectivity index (χ0n) is 10.6. The van der Waals surface area contributed by atoms with Gasteiger partial charge in [-0.2, -0.15) is 0 Å². The lowest BCUT2D eigenvalue weighted by Crippen LogP contribution is -2.12. The monoisotopic (exact) mass is 289 g/mol. The molecule has 0 atom stereocenters. The molecule has 21 heavy (non-hydrogen) atoms. The predicted molar refractivity (Wildman–Crippen MR) is 72.8 cm³/mol. The molecule has 0 aliphatic rings. The number of phenolic OH excluding ortho intramolecular Hbond substituents is 3. The van der Waals surface area contributed by atoms with Gasteiger partial charge in [0.15, 0.2) is 0 Å². The molecular weight excluding hydrogens is 278 g/mol. The second kappa shape index (κ2) is 5.41. The summed E-state index contributed by atoms with van der Waals surface area (Å²) in [6, 6.07) is 6.84. The molecule has 2 aromatic rings. The van der Waals surface area contributed by atoms with Crippen molar-refractivity contribution in [2.75, 3.05) is 5.32 Å². The Balaban J connectivity index is 2.27. The van der Waals surface area contributed by atoms with Crippen molar-refractivity contribution in [2.24, 2.45) is 0 Å². The van der Waals surface area contributed by atoms with Gasteiger partial charge in [-0.15, -0.1) is 0 Å². The second-order valence-electron chi connectivity index (χ2n) is 4.19. The van der Waals surface area contributed by atoms with Crippen molar-refractivity contribution in [2.45, 2.75) is 0 Å². The topological polar surface area (TPSA) is 127 Å². The van der Waals surface area contributed by atoms with Gasteiger partial charge in [0.1, 0.15) is 17.2 Å². The smallest absolute Gasteiger partial charge is 0.335 e. The van der Waals surface area contributed by atoms with Gasteiger partial charge in [-0.05, 0) is 36.4 Å². The summed E-state index contributed by atoms with van der Waals surface area (Å²) in [5.41, 5.74) is -0.338. The molecule has 7 heteroatoms. The predicted octanol–water partition coefficient (Wildman–Crippen LogP) is 1.75. The third-order valence-electron chi connectivity index (χ3n) is 2.72. The number of benzene rings is 2. The molecule has 0 aliphatic carbocycles. The van der Waals surface area contributed by atoms with Gasteiger partial charge in [-0.25, -0.2) is 4.79 Å². The summed E-state index contributed by atoms with van der Waals surface area (Å²) in [5.74, 6) is -2.95. The fourth-order valence-corrected chi connectivity index (χ4v) is 1.67. The van der Waals surface area contributed by atoms with E-state index >= 15 is 0 Å². The second-order valence-corrected chi connectivity index (χ2v) is 4.19. The molecule has 0 unspecified atom stereocenters. The van der Waals surface area contributed by atoms with Crippen LogP contribution in [-0.2, 0) is 0 Å². The summed E-state index contributed by atoms with van der Waals surface area (Å²) < 4.78 is 0. The van der Waals surface area contributed by atoms with Crippen LogP contribution in [0.15, 0.2) is 36.4 Å². The molecule has 0 saturated carbocycles. The minimum absolute atomic E-state index is 0.0206. The minimum Gasteiger partial charge on any atom is -0.508 e. The minimum atomic E-state index is -1.21. The molecule has 0 saturated heterocycles. The van der Waals surface area contributed by atoms with Crippen molar-refractivity contribution in [1.82, 2.24) is 0 Å². The summed E-state index contributed by atoms with van der Waals surface area (Å²) in [7, 11) is 0. The van der Waals surface area contributed by atoms with Gasteiger partial charge in [-0.1, -0.05) is 0 Å². The Morgan fingerprint density at radius 3 is 2.24 bits per heavy atom. The van der Waals surface area contributed by atoms with Crippen molar-refractivity contribution < 1.29 is 30.0 Å². The zero-order chi connectivity index (χ0) is 15.6. The van der Waals surface area contributed by atoms with Gasteiger partial charge in [0.05, 0.1) is 16.8 Å². The molecule has 1 amide bonds. The summed E-state index contributed by atoms with van der Waals surface area (Å²) in [6.45, 7) is 0. The number of carbonyl (C=O) groups is 2. The van der Waals surface area contributed by atoms with Gasteiger partial charge in [-0.3, -0.25) is 4.79 Å². The van der Waals surface area contributed by atoms with Gasteiger partial charge in [0.25, 0.3) is 5.91 Å². The largest absolute Gasteiger partial charge is 0.508 e. The lowest BCUT2D eigenvalue weighted by molar-refractivity contribution is 0.0696. The third-order valence-corrected chi connectivity index (χ3v) is 2.72. The highest BCUT2D eigenvalue weighted by Gasteiger charge is 2.15. The maximum absolute atomic E-state index is 11.9. The van der Waals surface area contributed by atoms with E-state index in [4.69, 9.17) is 5.11 Å². The summed E-state index contributed by atoms with van der Waals surface area (Å²) in [5, 5.41) is 39.6. The van der Waals surface area contributed by atoms with Gasteiger partial charge in [0, 0.05) is 0 Å². The van der Waals surface area contributed by atoms with Crippen LogP contribution < -0.4 is 5.32 Å². The SMILES string of the molecule is O=C(O)c1ccc(NC(=O)c2cc(O)ccc2O)c(O)c1. The lowest BCUT2D eigenvalue weighted by Gasteiger charge is -2.09. The molecule has 0 bridgehead atoms. The number of phenols is 3. The zero-order valence-corrected chi connectivity index (χ0v) is 10.6. The number of carboxylic acids is 1. The third kappa shape index (κ3) is 3.03. The van der Waals surface area contributed by atoms with Crippen LogP contribution in [0.2, 0.25) is 0 Å². The molecular formula is C14H11NO6. The first-order valence-corrected chi connectivity index (χ1v) is 5.78. The van der Waals surface area contributed by atoms with Crippen LogP contribution in [0.25, 0.3) is 0 Å². The Labute approximate surface area is 118 Å². The van der Waals surface area contributed by atoms with Crippen LogP contribution in [0.3, 0.4) is 0 Å². The average Bonchev–Trinajstić information content (AvgIpc) is 2.43. The number of rotatable bonds is 3. The van der Waals surface area contributed by atoms with Crippen LogP contribution in [0.4, 0.5) is 5.69 Å². The number of hydrogen-bond acceptors (Lipinski definition) is 5. The van der Waals surface area contributed by atoms with E-state index in [0.29, 0.717) is 0 Å². The van der Waals surface area contributed by atoms with Gasteiger partial charge < -0.3 is 25.7 Å². The number of carbonyl (C=O) groups excluding carboxylic acids is 1. The van der Waals surface area contributed by atoms with E-state index < -0.39 is 17.6 Å². The van der Waals surface area contributed by atoms with Gasteiger partial charge >= 0.3 is 5.97 Å². The standard InChI is InChI=1S/C14H11NO6/c16-8-2-4-11(17)9(6-8)13(19)15-10-3-1-7(14(20)21)5-12(10)18/h1-6,16-18H,(H,15,19)(H,20,21). The molecule has 7 nitrogen and oxygen atoms in total.